The molecule has 0 aromatic carbocycles. The van der Waals surface area contributed by atoms with Gasteiger partial charge >= 0.3 is 0 Å². The third-order valence-corrected chi connectivity index (χ3v) is 4.15. The van der Waals surface area contributed by atoms with Crippen molar-refractivity contribution in [2.75, 3.05) is 24.5 Å². The van der Waals surface area contributed by atoms with Crippen molar-refractivity contribution in [1.29, 1.82) is 0 Å². The van der Waals surface area contributed by atoms with Gasteiger partial charge in [0.2, 0.25) is 5.95 Å². The number of hydrogen-bond donors (Lipinski definition) is 2. The number of hydrogen-bond acceptors (Lipinski definition) is 5. The molecule has 0 amide bonds. The summed E-state index contributed by atoms with van der Waals surface area (Å²) >= 11 is 0. The van der Waals surface area contributed by atoms with Gasteiger partial charge in [0.15, 0.2) is 5.82 Å². The zero-order valence-corrected chi connectivity index (χ0v) is 11.7. The fraction of sp³-hybridized carbons (Fsp3) is 0.500. The highest BCUT2D eigenvalue weighted by Gasteiger charge is 2.30. The summed E-state index contributed by atoms with van der Waals surface area (Å²) in [6.07, 6.45) is 5.70. The Kier molecular flexibility index (Phi) is 3.40. The molecule has 0 spiro atoms. The van der Waals surface area contributed by atoms with Crippen LogP contribution in [0.1, 0.15) is 19.8 Å². The van der Waals surface area contributed by atoms with Gasteiger partial charge in [0.25, 0.3) is 0 Å². The summed E-state index contributed by atoms with van der Waals surface area (Å²) in [6, 6.07) is 3.87. The summed E-state index contributed by atoms with van der Waals surface area (Å²) in [6.45, 7) is 4.91. The first-order chi connectivity index (χ1) is 9.70. The molecule has 0 bridgehead atoms. The van der Waals surface area contributed by atoms with E-state index in [1.807, 2.05) is 12.1 Å². The molecule has 3 N–H and O–H groups in total. The van der Waals surface area contributed by atoms with Crippen LogP contribution in [0.3, 0.4) is 0 Å². The second-order valence-corrected chi connectivity index (χ2v) is 5.73. The van der Waals surface area contributed by atoms with Gasteiger partial charge in [-0.15, -0.1) is 5.10 Å². The molecule has 0 saturated carbocycles. The minimum Gasteiger partial charge on any atom is -0.339 e. The van der Waals surface area contributed by atoms with Gasteiger partial charge in [0.05, 0.1) is 0 Å². The lowest BCUT2D eigenvalue weighted by molar-refractivity contribution is 0.257. The van der Waals surface area contributed by atoms with Crippen LogP contribution in [0.4, 0.5) is 5.95 Å². The van der Waals surface area contributed by atoms with Crippen LogP contribution in [-0.4, -0.2) is 39.8 Å². The van der Waals surface area contributed by atoms with Gasteiger partial charge < -0.3 is 10.6 Å². The van der Waals surface area contributed by atoms with Crippen LogP contribution in [0, 0.1) is 5.41 Å². The summed E-state index contributed by atoms with van der Waals surface area (Å²) < 4.78 is 0. The lowest BCUT2D eigenvalue weighted by Crippen LogP contribution is -2.42. The Labute approximate surface area is 118 Å². The Bertz CT molecular complexity index is 556. The van der Waals surface area contributed by atoms with Gasteiger partial charge in [-0.05, 0) is 36.9 Å². The fourth-order valence-electron chi connectivity index (χ4n) is 2.48. The van der Waals surface area contributed by atoms with Gasteiger partial charge in [0.1, 0.15) is 0 Å². The molecular formula is C14H20N6. The molecule has 3 heterocycles. The van der Waals surface area contributed by atoms with Gasteiger partial charge in [-0.2, -0.15) is 4.98 Å². The van der Waals surface area contributed by atoms with E-state index in [0.717, 1.165) is 49.8 Å². The topological polar surface area (TPSA) is 83.7 Å². The maximum atomic E-state index is 5.84. The lowest BCUT2D eigenvalue weighted by atomic mass is 9.81. The smallest absolute Gasteiger partial charge is 0.245 e. The number of aromatic nitrogens is 4. The van der Waals surface area contributed by atoms with Crippen LogP contribution in [0.5, 0.6) is 0 Å². The molecule has 0 aliphatic carbocycles. The summed E-state index contributed by atoms with van der Waals surface area (Å²) in [4.78, 5) is 10.9. The number of H-pyrrole nitrogens is 1. The highest BCUT2D eigenvalue weighted by Crippen LogP contribution is 2.31. The Hall–Kier alpha value is -1.95. The van der Waals surface area contributed by atoms with Crippen LogP contribution in [-0.2, 0) is 0 Å². The largest absolute Gasteiger partial charge is 0.339 e. The van der Waals surface area contributed by atoms with E-state index in [9.17, 15) is 0 Å². The fourth-order valence-corrected chi connectivity index (χ4v) is 2.48. The number of nitrogens with one attached hydrogen (secondary N) is 1. The van der Waals surface area contributed by atoms with E-state index in [-0.39, 0.29) is 5.41 Å². The SMILES string of the molecule is CC1(CN)CCN(c2n[nH]c(-c3cccnc3)n2)CC1. The first kappa shape index (κ1) is 13.1. The highest BCUT2D eigenvalue weighted by atomic mass is 15.4. The summed E-state index contributed by atoms with van der Waals surface area (Å²) in [5.41, 5.74) is 7.06. The third kappa shape index (κ3) is 2.51. The van der Waals surface area contributed by atoms with E-state index in [0.29, 0.717) is 0 Å². The quantitative estimate of drug-likeness (QED) is 0.883. The molecule has 1 saturated heterocycles. The molecule has 1 aliphatic rings. The average Bonchev–Trinajstić information content (AvgIpc) is 2.99. The van der Waals surface area contributed by atoms with E-state index in [4.69, 9.17) is 5.73 Å². The summed E-state index contributed by atoms with van der Waals surface area (Å²) in [5.74, 6) is 1.53. The molecule has 106 valence electrons. The van der Waals surface area contributed by atoms with Crippen molar-refractivity contribution < 1.29 is 0 Å². The minimum atomic E-state index is 0.263. The van der Waals surface area contributed by atoms with E-state index in [2.05, 4.69) is 32.0 Å². The standard InChI is InChI=1S/C14H20N6/c1-14(10-15)4-7-20(8-5-14)13-17-12(18-19-13)11-3-2-6-16-9-11/h2-3,6,9H,4-5,7-8,10,15H2,1H3,(H,17,18,19). The molecular weight excluding hydrogens is 252 g/mol. The molecule has 0 radical (unpaired) electrons. The number of piperidine rings is 1. The second-order valence-electron chi connectivity index (χ2n) is 5.73. The number of anilines is 1. The summed E-state index contributed by atoms with van der Waals surface area (Å²) in [7, 11) is 0. The first-order valence-corrected chi connectivity index (χ1v) is 6.98. The van der Waals surface area contributed by atoms with Crippen molar-refractivity contribution in [2.45, 2.75) is 19.8 Å². The van der Waals surface area contributed by atoms with Crippen molar-refractivity contribution in [3.05, 3.63) is 24.5 Å². The summed E-state index contributed by atoms with van der Waals surface area (Å²) in [5, 5.41) is 7.31. The highest BCUT2D eigenvalue weighted by molar-refractivity contribution is 5.54. The van der Waals surface area contributed by atoms with Crippen LogP contribution in [0.2, 0.25) is 0 Å². The van der Waals surface area contributed by atoms with Gasteiger partial charge in [-0.1, -0.05) is 6.92 Å². The Balaban J connectivity index is 1.72. The number of rotatable bonds is 3. The van der Waals surface area contributed by atoms with Crippen molar-refractivity contribution in [3.63, 3.8) is 0 Å². The monoisotopic (exact) mass is 272 g/mol. The maximum Gasteiger partial charge on any atom is 0.245 e. The Morgan fingerprint density at radius 1 is 1.40 bits per heavy atom. The molecule has 2 aromatic heterocycles. The van der Waals surface area contributed by atoms with Crippen LogP contribution < -0.4 is 10.6 Å². The predicted molar refractivity (Wildman–Crippen MR) is 78.2 cm³/mol. The number of pyridine rings is 1. The molecule has 0 atom stereocenters. The van der Waals surface area contributed by atoms with E-state index < -0.39 is 0 Å². The first-order valence-electron chi connectivity index (χ1n) is 6.98. The molecule has 20 heavy (non-hydrogen) atoms. The minimum absolute atomic E-state index is 0.263. The molecule has 2 aromatic rings. The number of aromatic amines is 1. The van der Waals surface area contributed by atoms with Crippen molar-refractivity contribution in [2.24, 2.45) is 11.1 Å². The van der Waals surface area contributed by atoms with Crippen molar-refractivity contribution >= 4 is 5.95 Å². The molecule has 3 rings (SSSR count). The Morgan fingerprint density at radius 2 is 2.20 bits per heavy atom. The zero-order chi connectivity index (χ0) is 14.0. The van der Waals surface area contributed by atoms with E-state index in [1.165, 1.54) is 0 Å². The molecule has 1 aliphatic heterocycles. The molecule has 6 nitrogen and oxygen atoms in total. The lowest BCUT2D eigenvalue weighted by Gasteiger charge is -2.38. The average molecular weight is 272 g/mol. The Morgan fingerprint density at radius 3 is 2.85 bits per heavy atom. The zero-order valence-electron chi connectivity index (χ0n) is 11.7. The third-order valence-electron chi connectivity index (χ3n) is 4.15. The van der Waals surface area contributed by atoms with Crippen LogP contribution >= 0.6 is 0 Å². The maximum absolute atomic E-state index is 5.84. The van der Waals surface area contributed by atoms with Crippen LogP contribution in [0.25, 0.3) is 11.4 Å². The number of nitrogens with zero attached hydrogens (tertiary/aromatic N) is 4. The van der Waals surface area contributed by atoms with Gasteiger partial charge in [-0.25, -0.2) is 0 Å². The molecule has 1 fully saturated rings. The predicted octanol–water partition coefficient (Wildman–Crippen LogP) is 1.43. The molecule has 0 unspecified atom stereocenters. The van der Waals surface area contributed by atoms with Gasteiger partial charge in [0, 0.05) is 31.0 Å². The number of nitrogens with two attached hydrogens (primary N) is 1. The normalized spacial score (nSPS) is 18.2. The van der Waals surface area contributed by atoms with Crippen LogP contribution in [0.15, 0.2) is 24.5 Å². The van der Waals surface area contributed by atoms with E-state index in [1.54, 1.807) is 12.4 Å². The van der Waals surface area contributed by atoms with Crippen molar-refractivity contribution in [3.8, 4) is 11.4 Å². The molecule has 6 heteroatoms. The van der Waals surface area contributed by atoms with Crippen molar-refractivity contribution in [1.82, 2.24) is 20.2 Å². The van der Waals surface area contributed by atoms with Gasteiger partial charge in [-0.3, -0.25) is 10.1 Å². The second kappa shape index (κ2) is 5.20. The van der Waals surface area contributed by atoms with E-state index >= 15 is 0 Å².